The summed E-state index contributed by atoms with van der Waals surface area (Å²) in [5.41, 5.74) is 1.87. The Balaban J connectivity index is 1.75. The van der Waals surface area contributed by atoms with E-state index in [0.717, 1.165) is 21.5 Å². The molecule has 1 atom stereocenters. The van der Waals surface area contributed by atoms with Gasteiger partial charge in [-0.05, 0) is 23.6 Å². The predicted molar refractivity (Wildman–Crippen MR) is 100 cm³/mol. The number of carbonyl (C=O) groups excluding carboxylic acids is 1. The lowest BCUT2D eigenvalue weighted by atomic mass is 10.1. The highest BCUT2D eigenvalue weighted by Gasteiger charge is 2.24. The second-order valence-corrected chi connectivity index (χ2v) is 7.19. The summed E-state index contributed by atoms with van der Waals surface area (Å²) in [6, 6.07) is 11.7. The van der Waals surface area contributed by atoms with E-state index in [2.05, 4.69) is 20.3 Å². The number of aromatic nitrogens is 3. The first-order valence-corrected chi connectivity index (χ1v) is 9.06. The molecule has 0 aliphatic heterocycles. The molecule has 0 saturated carbocycles. The Morgan fingerprint density at radius 3 is 2.76 bits per heavy atom. The average molecular weight is 352 g/mol. The van der Waals surface area contributed by atoms with Crippen molar-refractivity contribution in [2.45, 2.75) is 30.7 Å². The van der Waals surface area contributed by atoms with Crippen molar-refractivity contribution in [2.24, 2.45) is 5.92 Å². The smallest absolute Gasteiger partial charge is 0.234 e. The Labute approximate surface area is 151 Å². The second kappa shape index (κ2) is 8.07. The summed E-state index contributed by atoms with van der Waals surface area (Å²) in [6.07, 6.45) is 5.03. The molecule has 0 aliphatic rings. The van der Waals surface area contributed by atoms with E-state index < -0.39 is 0 Å². The second-order valence-electron chi connectivity index (χ2n) is 6.06. The quantitative estimate of drug-likeness (QED) is 0.543. The predicted octanol–water partition coefficient (Wildman–Crippen LogP) is 3.46. The van der Waals surface area contributed by atoms with Crippen LogP contribution in [0.1, 0.15) is 19.4 Å². The van der Waals surface area contributed by atoms with Gasteiger partial charge in [0, 0.05) is 24.3 Å². The molecule has 6 heteroatoms. The topological polar surface area (TPSA) is 67.8 Å². The van der Waals surface area contributed by atoms with Crippen LogP contribution in [-0.4, -0.2) is 26.1 Å². The number of fused-ring (bicyclic) bond motifs is 1. The van der Waals surface area contributed by atoms with Gasteiger partial charge in [-0.3, -0.25) is 9.78 Å². The number of nitrogens with one attached hydrogen (secondary N) is 1. The molecule has 0 radical (unpaired) electrons. The van der Waals surface area contributed by atoms with Crippen molar-refractivity contribution in [1.29, 1.82) is 0 Å². The zero-order valence-corrected chi connectivity index (χ0v) is 15.0. The van der Waals surface area contributed by atoms with Gasteiger partial charge in [-0.1, -0.05) is 49.9 Å². The lowest BCUT2D eigenvalue weighted by Gasteiger charge is -2.20. The molecule has 5 nitrogen and oxygen atoms in total. The lowest BCUT2D eigenvalue weighted by Crippen LogP contribution is -2.35. The minimum Gasteiger partial charge on any atom is -0.351 e. The SMILES string of the molecule is CC(C)[C@@H](Sc1ncnc2ccccc12)C(=O)NCc1cccnc1. The first-order valence-electron chi connectivity index (χ1n) is 8.18. The van der Waals surface area contributed by atoms with Gasteiger partial charge in [0.15, 0.2) is 0 Å². The molecule has 0 bridgehead atoms. The van der Waals surface area contributed by atoms with Crippen molar-refractivity contribution < 1.29 is 4.79 Å². The number of para-hydroxylation sites is 1. The van der Waals surface area contributed by atoms with Gasteiger partial charge in [-0.15, -0.1) is 0 Å². The van der Waals surface area contributed by atoms with Crippen LogP contribution < -0.4 is 5.32 Å². The molecule has 2 aromatic heterocycles. The molecule has 3 aromatic rings. The highest BCUT2D eigenvalue weighted by atomic mass is 32.2. The van der Waals surface area contributed by atoms with Crippen molar-refractivity contribution >= 4 is 28.6 Å². The normalized spacial score (nSPS) is 12.3. The van der Waals surface area contributed by atoms with Crippen LogP contribution in [0, 0.1) is 5.92 Å². The Morgan fingerprint density at radius 2 is 2.00 bits per heavy atom. The van der Waals surface area contributed by atoms with E-state index in [1.54, 1.807) is 18.7 Å². The first kappa shape index (κ1) is 17.4. The molecule has 2 heterocycles. The molecule has 0 spiro atoms. The fourth-order valence-corrected chi connectivity index (χ4v) is 3.59. The highest BCUT2D eigenvalue weighted by molar-refractivity contribution is 8.00. The summed E-state index contributed by atoms with van der Waals surface area (Å²) in [5.74, 6) is 0.180. The largest absolute Gasteiger partial charge is 0.351 e. The number of hydrogen-bond donors (Lipinski definition) is 1. The van der Waals surface area contributed by atoms with Crippen molar-refractivity contribution in [2.75, 3.05) is 0 Å². The van der Waals surface area contributed by atoms with Crippen LogP contribution in [-0.2, 0) is 11.3 Å². The standard InChI is InChI=1S/C19H20N4OS/c1-13(2)17(18(24)21-11-14-6-5-9-20-10-14)25-19-15-7-3-4-8-16(15)22-12-23-19/h3-10,12-13,17H,11H2,1-2H3,(H,21,24)/t17-/m1/s1. The molecule has 0 fully saturated rings. The van der Waals surface area contributed by atoms with E-state index in [4.69, 9.17) is 0 Å². The van der Waals surface area contributed by atoms with Crippen LogP contribution in [0.3, 0.4) is 0 Å². The van der Waals surface area contributed by atoms with Crippen LogP contribution in [0.5, 0.6) is 0 Å². The number of pyridine rings is 1. The van der Waals surface area contributed by atoms with Crippen LogP contribution in [0.25, 0.3) is 10.9 Å². The number of carbonyl (C=O) groups is 1. The van der Waals surface area contributed by atoms with E-state index in [9.17, 15) is 4.79 Å². The molecule has 0 unspecified atom stereocenters. The Hall–Kier alpha value is -2.47. The first-order chi connectivity index (χ1) is 12.1. The fraction of sp³-hybridized carbons (Fsp3) is 0.263. The van der Waals surface area contributed by atoms with Gasteiger partial charge in [0.05, 0.1) is 10.8 Å². The van der Waals surface area contributed by atoms with Crippen LogP contribution >= 0.6 is 11.8 Å². The third-order valence-electron chi connectivity index (χ3n) is 3.80. The Bertz CT molecular complexity index is 849. The molecule has 128 valence electrons. The van der Waals surface area contributed by atoms with Crippen molar-refractivity contribution in [3.63, 3.8) is 0 Å². The molecule has 0 saturated heterocycles. The van der Waals surface area contributed by atoms with E-state index >= 15 is 0 Å². The van der Waals surface area contributed by atoms with Crippen LogP contribution in [0.15, 0.2) is 60.1 Å². The molecule has 1 N–H and O–H groups in total. The summed E-state index contributed by atoms with van der Waals surface area (Å²) < 4.78 is 0. The van der Waals surface area contributed by atoms with Crippen LogP contribution in [0.2, 0.25) is 0 Å². The van der Waals surface area contributed by atoms with Crippen molar-refractivity contribution in [3.8, 4) is 0 Å². The maximum absolute atomic E-state index is 12.7. The van der Waals surface area contributed by atoms with Gasteiger partial charge in [0.25, 0.3) is 0 Å². The molecule has 3 rings (SSSR count). The van der Waals surface area contributed by atoms with Crippen molar-refractivity contribution in [1.82, 2.24) is 20.3 Å². The molecule has 1 aromatic carbocycles. The molecular formula is C19H20N4OS. The van der Waals surface area contributed by atoms with Gasteiger partial charge >= 0.3 is 0 Å². The number of thioether (sulfide) groups is 1. The molecular weight excluding hydrogens is 332 g/mol. The Kier molecular flexibility index (Phi) is 5.60. The van der Waals surface area contributed by atoms with E-state index in [1.807, 2.05) is 50.2 Å². The van der Waals surface area contributed by atoms with Gasteiger partial charge in [-0.25, -0.2) is 9.97 Å². The minimum atomic E-state index is -0.227. The molecule has 25 heavy (non-hydrogen) atoms. The third kappa shape index (κ3) is 4.33. The lowest BCUT2D eigenvalue weighted by molar-refractivity contribution is -0.121. The molecule has 0 aliphatic carbocycles. The number of amides is 1. The van der Waals surface area contributed by atoms with E-state index in [0.29, 0.717) is 6.54 Å². The summed E-state index contributed by atoms with van der Waals surface area (Å²) in [4.78, 5) is 25.4. The average Bonchev–Trinajstić information content (AvgIpc) is 2.65. The Morgan fingerprint density at radius 1 is 1.16 bits per heavy atom. The zero-order chi connectivity index (χ0) is 17.6. The van der Waals surface area contributed by atoms with Gasteiger partial charge < -0.3 is 5.32 Å². The number of benzene rings is 1. The fourth-order valence-electron chi connectivity index (χ4n) is 2.48. The summed E-state index contributed by atoms with van der Waals surface area (Å²) in [7, 11) is 0. The van der Waals surface area contributed by atoms with Crippen LogP contribution in [0.4, 0.5) is 0 Å². The summed E-state index contributed by atoms with van der Waals surface area (Å²) in [5, 5.41) is 4.59. The maximum Gasteiger partial charge on any atom is 0.234 e. The summed E-state index contributed by atoms with van der Waals surface area (Å²) in [6.45, 7) is 4.57. The van der Waals surface area contributed by atoms with E-state index in [-0.39, 0.29) is 17.1 Å². The van der Waals surface area contributed by atoms with Crippen molar-refractivity contribution in [3.05, 3.63) is 60.7 Å². The molecule has 1 amide bonds. The van der Waals surface area contributed by atoms with E-state index in [1.165, 1.54) is 11.8 Å². The highest BCUT2D eigenvalue weighted by Crippen LogP contribution is 2.31. The van der Waals surface area contributed by atoms with Gasteiger partial charge in [-0.2, -0.15) is 0 Å². The zero-order valence-electron chi connectivity index (χ0n) is 14.2. The number of hydrogen-bond acceptors (Lipinski definition) is 5. The third-order valence-corrected chi connectivity index (χ3v) is 5.36. The van der Waals surface area contributed by atoms with Gasteiger partial charge in [0.1, 0.15) is 11.4 Å². The monoisotopic (exact) mass is 352 g/mol. The summed E-state index contributed by atoms with van der Waals surface area (Å²) >= 11 is 1.49. The maximum atomic E-state index is 12.7. The number of nitrogens with zero attached hydrogens (tertiary/aromatic N) is 3. The van der Waals surface area contributed by atoms with Gasteiger partial charge in [0.2, 0.25) is 5.91 Å². The minimum absolute atomic E-state index is 0.00606. The number of rotatable bonds is 6.